The van der Waals surface area contributed by atoms with Gasteiger partial charge in [-0.3, -0.25) is 0 Å². The van der Waals surface area contributed by atoms with E-state index < -0.39 is 15.9 Å². The average Bonchev–Trinajstić information content (AvgIpc) is 2.87. The molecule has 1 aliphatic rings. The maximum atomic E-state index is 12.0. The summed E-state index contributed by atoms with van der Waals surface area (Å²) in [6.07, 6.45) is 2.72. The number of carbonyl (C=O) groups excluding carboxylic acids is 1. The highest BCUT2D eigenvalue weighted by atomic mass is 32.2. The van der Waals surface area contributed by atoms with Crippen LogP contribution in [0.3, 0.4) is 0 Å². The average molecular weight is 297 g/mol. The number of ether oxygens (including phenoxy) is 1. The van der Waals surface area contributed by atoms with E-state index in [4.69, 9.17) is 4.74 Å². The molecule has 1 aromatic rings. The highest BCUT2D eigenvalue weighted by Gasteiger charge is 2.34. The summed E-state index contributed by atoms with van der Waals surface area (Å²) in [5.41, 5.74) is 0.588. The predicted octanol–water partition coefficient (Wildman–Crippen LogP) is 1.62. The molecule has 0 N–H and O–H groups in total. The van der Waals surface area contributed by atoms with E-state index in [1.54, 1.807) is 31.2 Å². The highest BCUT2D eigenvalue weighted by Crippen LogP contribution is 2.31. The third-order valence-corrected chi connectivity index (χ3v) is 4.53. The molecule has 1 aliphatic heterocycles. The van der Waals surface area contributed by atoms with Gasteiger partial charge < -0.3 is 9.64 Å². The predicted molar refractivity (Wildman–Crippen MR) is 76.6 cm³/mol. The fraction of sp³-hybridized carbons (Fsp3) is 0.500. The molecule has 1 aromatic carbocycles. The first-order chi connectivity index (χ1) is 9.45. The molecule has 0 aliphatic carbocycles. The summed E-state index contributed by atoms with van der Waals surface area (Å²) in [5.74, 6) is -0.284. The van der Waals surface area contributed by atoms with Gasteiger partial charge >= 0.3 is 5.97 Å². The van der Waals surface area contributed by atoms with Gasteiger partial charge in [0.1, 0.15) is 6.04 Å². The number of esters is 1. The van der Waals surface area contributed by atoms with E-state index in [0.29, 0.717) is 25.3 Å². The Morgan fingerprint density at radius 2 is 2.10 bits per heavy atom. The lowest BCUT2D eigenvalue weighted by Gasteiger charge is -2.26. The lowest BCUT2D eigenvalue weighted by Crippen LogP contribution is -2.38. The van der Waals surface area contributed by atoms with Gasteiger partial charge in [-0.25, -0.2) is 13.2 Å². The Kier molecular flexibility index (Phi) is 4.32. The zero-order valence-corrected chi connectivity index (χ0v) is 12.5. The summed E-state index contributed by atoms with van der Waals surface area (Å²) in [6, 6.07) is 6.40. The van der Waals surface area contributed by atoms with Crippen molar-refractivity contribution in [3.8, 4) is 0 Å². The van der Waals surface area contributed by atoms with Gasteiger partial charge in [0.2, 0.25) is 0 Å². The fourth-order valence-electron chi connectivity index (χ4n) is 2.55. The van der Waals surface area contributed by atoms with E-state index in [9.17, 15) is 13.2 Å². The molecule has 6 heteroatoms. The minimum absolute atomic E-state index is 0.260. The van der Waals surface area contributed by atoms with Crippen molar-refractivity contribution >= 4 is 21.5 Å². The second kappa shape index (κ2) is 5.83. The van der Waals surface area contributed by atoms with Gasteiger partial charge in [0.05, 0.1) is 17.2 Å². The van der Waals surface area contributed by atoms with Crippen LogP contribution in [-0.2, 0) is 19.4 Å². The number of hydrogen-bond donors (Lipinski definition) is 0. The number of benzene rings is 1. The Hall–Kier alpha value is -1.56. The van der Waals surface area contributed by atoms with Gasteiger partial charge in [-0.2, -0.15) is 0 Å². The molecular weight excluding hydrogens is 278 g/mol. The molecule has 0 bridgehead atoms. The molecule has 0 radical (unpaired) electrons. The second-order valence-electron chi connectivity index (χ2n) is 4.84. The van der Waals surface area contributed by atoms with E-state index in [1.807, 2.05) is 4.90 Å². The van der Waals surface area contributed by atoms with E-state index in [1.165, 1.54) is 6.26 Å². The lowest BCUT2D eigenvalue weighted by molar-refractivity contribution is -0.144. The van der Waals surface area contributed by atoms with E-state index in [2.05, 4.69) is 0 Å². The number of carbonyl (C=O) groups is 1. The number of para-hydroxylation sites is 1. The fourth-order valence-corrected chi connectivity index (χ4v) is 3.44. The van der Waals surface area contributed by atoms with Crippen LogP contribution < -0.4 is 4.90 Å². The number of nitrogens with zero attached hydrogens (tertiary/aromatic N) is 1. The summed E-state index contributed by atoms with van der Waals surface area (Å²) in [6.45, 7) is 2.76. The van der Waals surface area contributed by atoms with Crippen molar-refractivity contribution in [1.82, 2.24) is 0 Å². The van der Waals surface area contributed by atoms with Crippen LogP contribution in [0.5, 0.6) is 0 Å². The molecule has 0 saturated carbocycles. The van der Waals surface area contributed by atoms with Gasteiger partial charge in [0.15, 0.2) is 9.84 Å². The van der Waals surface area contributed by atoms with Crippen LogP contribution in [0.2, 0.25) is 0 Å². The maximum absolute atomic E-state index is 12.0. The van der Waals surface area contributed by atoms with Gasteiger partial charge in [-0.1, -0.05) is 12.1 Å². The van der Waals surface area contributed by atoms with Crippen LogP contribution >= 0.6 is 0 Å². The molecule has 1 atom stereocenters. The number of hydrogen-bond acceptors (Lipinski definition) is 5. The minimum Gasteiger partial charge on any atom is -0.464 e. The maximum Gasteiger partial charge on any atom is 0.328 e. The monoisotopic (exact) mass is 297 g/mol. The van der Waals surface area contributed by atoms with Crippen molar-refractivity contribution in [3.63, 3.8) is 0 Å². The standard InChI is InChI=1S/C14H19NO4S/c1-3-19-14(16)12-8-6-10-15(12)11-7-4-5-9-13(11)20(2,17)18/h4-5,7,9,12H,3,6,8,10H2,1-2H3. The number of rotatable bonds is 4. The van der Waals surface area contributed by atoms with Crippen molar-refractivity contribution < 1.29 is 17.9 Å². The van der Waals surface area contributed by atoms with Crippen molar-refractivity contribution in [3.05, 3.63) is 24.3 Å². The molecule has 1 saturated heterocycles. The molecule has 0 spiro atoms. The molecule has 20 heavy (non-hydrogen) atoms. The lowest BCUT2D eigenvalue weighted by atomic mass is 10.2. The van der Waals surface area contributed by atoms with Crippen LogP contribution in [0.1, 0.15) is 19.8 Å². The summed E-state index contributed by atoms with van der Waals surface area (Å²) >= 11 is 0. The van der Waals surface area contributed by atoms with Crippen molar-refractivity contribution in [2.45, 2.75) is 30.7 Å². The van der Waals surface area contributed by atoms with Crippen LogP contribution in [0, 0.1) is 0 Å². The van der Waals surface area contributed by atoms with Crippen LogP contribution in [0.4, 0.5) is 5.69 Å². The molecule has 0 amide bonds. The molecule has 1 fully saturated rings. The van der Waals surface area contributed by atoms with Crippen LogP contribution in [-0.4, -0.2) is 39.8 Å². The zero-order valence-electron chi connectivity index (χ0n) is 11.7. The summed E-state index contributed by atoms with van der Waals surface area (Å²) in [5, 5.41) is 0. The third kappa shape index (κ3) is 2.95. The largest absolute Gasteiger partial charge is 0.464 e. The molecule has 2 rings (SSSR count). The first-order valence-corrected chi connectivity index (χ1v) is 8.56. The van der Waals surface area contributed by atoms with Gasteiger partial charge in [-0.05, 0) is 31.9 Å². The first kappa shape index (κ1) is 14.8. The second-order valence-corrected chi connectivity index (χ2v) is 6.83. The van der Waals surface area contributed by atoms with Crippen LogP contribution in [0.25, 0.3) is 0 Å². The normalized spacial score (nSPS) is 19.1. The highest BCUT2D eigenvalue weighted by molar-refractivity contribution is 7.90. The number of anilines is 1. The molecular formula is C14H19NO4S. The summed E-state index contributed by atoms with van der Waals surface area (Å²) < 4.78 is 28.8. The molecule has 5 nitrogen and oxygen atoms in total. The first-order valence-electron chi connectivity index (χ1n) is 6.67. The smallest absolute Gasteiger partial charge is 0.328 e. The Morgan fingerprint density at radius 1 is 1.40 bits per heavy atom. The van der Waals surface area contributed by atoms with Crippen molar-refractivity contribution in [1.29, 1.82) is 0 Å². The van der Waals surface area contributed by atoms with Crippen LogP contribution in [0.15, 0.2) is 29.2 Å². The molecule has 1 heterocycles. The SMILES string of the molecule is CCOC(=O)C1CCCN1c1ccccc1S(C)(=O)=O. The van der Waals surface area contributed by atoms with E-state index >= 15 is 0 Å². The molecule has 1 unspecified atom stereocenters. The quantitative estimate of drug-likeness (QED) is 0.790. The Bertz CT molecular complexity index is 597. The topological polar surface area (TPSA) is 63.7 Å². The molecule has 0 aromatic heterocycles. The van der Waals surface area contributed by atoms with Crippen molar-refractivity contribution in [2.24, 2.45) is 0 Å². The van der Waals surface area contributed by atoms with E-state index in [0.717, 1.165) is 6.42 Å². The Morgan fingerprint density at radius 3 is 2.75 bits per heavy atom. The molecule has 110 valence electrons. The number of sulfone groups is 1. The Balaban J connectivity index is 2.38. The summed E-state index contributed by atoms with van der Waals surface area (Å²) in [7, 11) is -3.33. The zero-order chi connectivity index (χ0) is 14.8. The van der Waals surface area contributed by atoms with Gasteiger partial charge in [0, 0.05) is 12.8 Å². The third-order valence-electron chi connectivity index (χ3n) is 3.39. The van der Waals surface area contributed by atoms with E-state index in [-0.39, 0.29) is 10.9 Å². The van der Waals surface area contributed by atoms with Crippen molar-refractivity contribution in [2.75, 3.05) is 24.3 Å². The van der Waals surface area contributed by atoms with Gasteiger partial charge in [-0.15, -0.1) is 0 Å². The summed E-state index contributed by atoms with van der Waals surface area (Å²) in [4.78, 5) is 14.1. The van der Waals surface area contributed by atoms with Gasteiger partial charge in [0.25, 0.3) is 0 Å². The minimum atomic E-state index is -3.33. The Labute approximate surface area is 119 Å².